The summed E-state index contributed by atoms with van der Waals surface area (Å²) in [4.78, 5) is 23.1. The van der Waals surface area contributed by atoms with Gasteiger partial charge in [-0.2, -0.15) is 0 Å². The van der Waals surface area contributed by atoms with Crippen LogP contribution in [0.15, 0.2) is 23.1 Å². The van der Waals surface area contributed by atoms with E-state index in [1.54, 1.807) is 0 Å². The SMILES string of the molecule is NS(=O)(=O)c1ccc(F)c(C(=O)O[C@H]2CCCCC2=O)c1. The third-order valence-corrected chi connectivity index (χ3v) is 4.15. The van der Waals surface area contributed by atoms with E-state index in [1.807, 2.05) is 0 Å². The molecule has 0 spiro atoms. The van der Waals surface area contributed by atoms with E-state index in [4.69, 9.17) is 9.88 Å². The van der Waals surface area contributed by atoms with E-state index < -0.39 is 38.4 Å². The molecule has 8 heteroatoms. The first kappa shape index (κ1) is 15.6. The van der Waals surface area contributed by atoms with Gasteiger partial charge in [0.2, 0.25) is 10.0 Å². The van der Waals surface area contributed by atoms with E-state index in [9.17, 15) is 22.4 Å². The number of rotatable bonds is 3. The lowest BCUT2D eigenvalue weighted by atomic mass is 9.96. The van der Waals surface area contributed by atoms with Crippen molar-refractivity contribution in [1.82, 2.24) is 0 Å². The van der Waals surface area contributed by atoms with Gasteiger partial charge >= 0.3 is 5.97 Å². The number of benzene rings is 1. The van der Waals surface area contributed by atoms with E-state index >= 15 is 0 Å². The van der Waals surface area contributed by atoms with Gasteiger partial charge in [0.1, 0.15) is 5.82 Å². The number of carbonyl (C=O) groups excluding carboxylic acids is 2. The van der Waals surface area contributed by atoms with Gasteiger partial charge in [0, 0.05) is 6.42 Å². The maximum absolute atomic E-state index is 13.6. The predicted molar refractivity (Wildman–Crippen MR) is 70.5 cm³/mol. The average Bonchev–Trinajstić information content (AvgIpc) is 2.40. The third-order valence-electron chi connectivity index (χ3n) is 3.23. The molecule has 1 aliphatic rings. The molecule has 1 aromatic rings. The van der Waals surface area contributed by atoms with Crippen LogP contribution in [0.1, 0.15) is 36.0 Å². The van der Waals surface area contributed by atoms with Crippen LogP contribution in [-0.4, -0.2) is 26.3 Å². The lowest BCUT2D eigenvalue weighted by Crippen LogP contribution is -2.30. The van der Waals surface area contributed by atoms with Gasteiger partial charge in [0.05, 0.1) is 10.5 Å². The van der Waals surface area contributed by atoms with Crippen molar-refractivity contribution in [1.29, 1.82) is 0 Å². The normalized spacial score (nSPS) is 19.3. The van der Waals surface area contributed by atoms with Crippen LogP contribution in [0.2, 0.25) is 0 Å². The molecule has 0 amide bonds. The Hall–Kier alpha value is -1.80. The molecule has 0 bridgehead atoms. The van der Waals surface area contributed by atoms with Gasteiger partial charge in [-0.3, -0.25) is 4.79 Å². The van der Waals surface area contributed by atoms with Crippen molar-refractivity contribution in [2.75, 3.05) is 0 Å². The lowest BCUT2D eigenvalue weighted by molar-refractivity contribution is -0.129. The molecule has 1 aromatic carbocycles. The largest absolute Gasteiger partial charge is 0.451 e. The fourth-order valence-electron chi connectivity index (χ4n) is 2.11. The summed E-state index contributed by atoms with van der Waals surface area (Å²) in [6.07, 6.45) is 1.29. The number of carbonyl (C=O) groups is 2. The van der Waals surface area contributed by atoms with Gasteiger partial charge in [-0.05, 0) is 37.5 Å². The molecular formula is C13H14FNO5S. The monoisotopic (exact) mass is 315 g/mol. The number of ether oxygens (including phenoxy) is 1. The average molecular weight is 315 g/mol. The van der Waals surface area contributed by atoms with Gasteiger partial charge in [0.25, 0.3) is 0 Å². The zero-order chi connectivity index (χ0) is 15.6. The molecule has 2 rings (SSSR count). The number of primary sulfonamides is 1. The van der Waals surface area contributed by atoms with E-state index in [0.29, 0.717) is 12.8 Å². The highest BCUT2D eigenvalue weighted by Crippen LogP contribution is 2.21. The Kier molecular flexibility index (Phi) is 4.38. The van der Waals surface area contributed by atoms with Gasteiger partial charge in [0.15, 0.2) is 11.9 Å². The van der Waals surface area contributed by atoms with E-state index in [-0.39, 0.29) is 5.78 Å². The number of nitrogens with two attached hydrogens (primary N) is 1. The van der Waals surface area contributed by atoms with Crippen molar-refractivity contribution in [3.8, 4) is 0 Å². The van der Waals surface area contributed by atoms with Crippen LogP contribution in [0.3, 0.4) is 0 Å². The highest BCUT2D eigenvalue weighted by molar-refractivity contribution is 7.89. The second kappa shape index (κ2) is 5.90. The predicted octanol–water partition coefficient (Wildman–Crippen LogP) is 1.14. The number of sulfonamides is 1. The highest BCUT2D eigenvalue weighted by Gasteiger charge is 2.27. The molecule has 1 aliphatic carbocycles. The summed E-state index contributed by atoms with van der Waals surface area (Å²) in [5.74, 6) is -2.22. The molecule has 1 saturated carbocycles. The van der Waals surface area contributed by atoms with Crippen LogP contribution in [0.25, 0.3) is 0 Å². The van der Waals surface area contributed by atoms with Crippen molar-refractivity contribution >= 4 is 21.8 Å². The summed E-state index contributed by atoms with van der Waals surface area (Å²) in [6, 6.07) is 2.58. The third kappa shape index (κ3) is 3.64. The smallest absolute Gasteiger partial charge is 0.341 e. The van der Waals surface area contributed by atoms with Gasteiger partial charge in [-0.1, -0.05) is 0 Å². The van der Waals surface area contributed by atoms with Gasteiger partial charge in [-0.25, -0.2) is 22.7 Å². The molecule has 1 fully saturated rings. The quantitative estimate of drug-likeness (QED) is 0.842. The van der Waals surface area contributed by atoms with E-state index in [1.165, 1.54) is 0 Å². The van der Waals surface area contributed by atoms with Crippen LogP contribution in [0, 0.1) is 5.82 Å². The van der Waals surface area contributed by atoms with Gasteiger partial charge in [-0.15, -0.1) is 0 Å². The van der Waals surface area contributed by atoms with Crippen LogP contribution in [0.4, 0.5) is 4.39 Å². The Labute approximate surface area is 121 Å². The Morgan fingerprint density at radius 2 is 2.05 bits per heavy atom. The van der Waals surface area contributed by atoms with Crippen molar-refractivity contribution in [2.45, 2.75) is 36.7 Å². The fraction of sp³-hybridized carbons (Fsp3) is 0.385. The van der Waals surface area contributed by atoms with E-state index in [2.05, 4.69) is 0 Å². The molecule has 0 aromatic heterocycles. The molecule has 1 atom stereocenters. The summed E-state index contributed by atoms with van der Waals surface area (Å²) < 4.78 is 41.0. The molecule has 2 N–H and O–H groups in total. The topological polar surface area (TPSA) is 104 Å². The first-order valence-corrected chi connectivity index (χ1v) is 7.90. The molecule has 0 saturated heterocycles. The summed E-state index contributed by atoms with van der Waals surface area (Å²) >= 11 is 0. The van der Waals surface area contributed by atoms with Crippen molar-refractivity contribution in [3.63, 3.8) is 0 Å². The van der Waals surface area contributed by atoms with Crippen LogP contribution < -0.4 is 5.14 Å². The Morgan fingerprint density at radius 1 is 1.33 bits per heavy atom. The van der Waals surface area contributed by atoms with Crippen LogP contribution in [-0.2, 0) is 19.6 Å². The number of esters is 1. The Balaban J connectivity index is 2.24. The van der Waals surface area contributed by atoms with Crippen molar-refractivity contribution < 1.29 is 27.1 Å². The molecule has 114 valence electrons. The zero-order valence-electron chi connectivity index (χ0n) is 11.0. The lowest BCUT2D eigenvalue weighted by Gasteiger charge is -2.20. The van der Waals surface area contributed by atoms with Crippen molar-refractivity contribution in [3.05, 3.63) is 29.6 Å². The van der Waals surface area contributed by atoms with Crippen LogP contribution >= 0.6 is 0 Å². The van der Waals surface area contributed by atoms with Crippen LogP contribution in [0.5, 0.6) is 0 Å². The van der Waals surface area contributed by atoms with E-state index in [0.717, 1.165) is 31.0 Å². The summed E-state index contributed by atoms with van der Waals surface area (Å²) in [5.41, 5.74) is -0.556. The molecule has 0 unspecified atom stereocenters. The number of hydrogen-bond acceptors (Lipinski definition) is 5. The first-order chi connectivity index (χ1) is 9.79. The summed E-state index contributed by atoms with van der Waals surface area (Å²) in [7, 11) is -4.06. The highest BCUT2D eigenvalue weighted by atomic mass is 32.2. The molecule has 0 radical (unpaired) electrons. The Morgan fingerprint density at radius 3 is 2.67 bits per heavy atom. The molecular weight excluding hydrogens is 301 g/mol. The number of hydrogen-bond donors (Lipinski definition) is 1. The maximum Gasteiger partial charge on any atom is 0.341 e. The first-order valence-electron chi connectivity index (χ1n) is 6.35. The fourth-order valence-corrected chi connectivity index (χ4v) is 2.65. The number of Topliss-reactive ketones (excluding diaryl/α,β-unsaturated/α-hetero) is 1. The second-order valence-electron chi connectivity index (χ2n) is 4.79. The summed E-state index contributed by atoms with van der Waals surface area (Å²) in [6.45, 7) is 0. The minimum atomic E-state index is -4.06. The minimum absolute atomic E-state index is 0.211. The molecule has 21 heavy (non-hydrogen) atoms. The maximum atomic E-state index is 13.6. The molecule has 6 nitrogen and oxygen atoms in total. The molecule has 0 aliphatic heterocycles. The number of halogens is 1. The molecule has 0 heterocycles. The standard InChI is InChI=1S/C13H14FNO5S/c14-10-6-5-8(21(15,18)19)7-9(10)13(17)20-12-4-2-1-3-11(12)16/h5-7,12H,1-4H2,(H2,15,18,19)/t12-/m0/s1. The zero-order valence-corrected chi connectivity index (χ0v) is 11.9. The number of ketones is 1. The van der Waals surface area contributed by atoms with Gasteiger partial charge < -0.3 is 4.74 Å². The minimum Gasteiger partial charge on any atom is -0.451 e. The summed E-state index contributed by atoms with van der Waals surface area (Å²) in [5, 5.41) is 4.93. The Bertz CT molecular complexity index is 686. The van der Waals surface area contributed by atoms with Crippen molar-refractivity contribution in [2.24, 2.45) is 5.14 Å². The second-order valence-corrected chi connectivity index (χ2v) is 6.35.